The molecule has 3 nitrogen and oxygen atoms in total. The van der Waals surface area contributed by atoms with Crippen molar-refractivity contribution in [1.82, 2.24) is 0 Å². The van der Waals surface area contributed by atoms with Crippen LogP contribution >= 0.6 is 0 Å². The van der Waals surface area contributed by atoms with E-state index in [9.17, 15) is 4.79 Å². The topological polar surface area (TPSA) is 50.1 Å². The zero-order chi connectivity index (χ0) is 17.9. The van der Waals surface area contributed by atoms with Gasteiger partial charge in [0.25, 0.3) is 0 Å². The predicted octanol–water partition coefficient (Wildman–Crippen LogP) is 4.96. The Morgan fingerprint density at radius 1 is 0.923 bits per heavy atom. The van der Waals surface area contributed by atoms with Gasteiger partial charge in [0.2, 0.25) is 0 Å². The van der Waals surface area contributed by atoms with Crippen LogP contribution in [0.1, 0.15) is 33.2 Å². The molecular weight excluding hydrogens is 322 g/mol. The van der Waals surface area contributed by atoms with E-state index >= 15 is 0 Å². The largest absolute Gasteiger partial charge is 0.480 e. The molecule has 1 heterocycles. The summed E-state index contributed by atoms with van der Waals surface area (Å²) in [5.74, 6) is 0.539. The van der Waals surface area contributed by atoms with Gasteiger partial charge in [-0.3, -0.25) is 4.79 Å². The molecule has 0 fully saturated rings. The number of fused-ring (bicyclic) bond motifs is 1. The molecule has 0 radical (unpaired) electrons. The summed E-state index contributed by atoms with van der Waals surface area (Å²) in [7, 11) is 0. The lowest BCUT2D eigenvalue weighted by Gasteiger charge is -2.28. The Morgan fingerprint density at radius 2 is 1.69 bits per heavy atom. The van der Waals surface area contributed by atoms with Crippen LogP contribution in [-0.2, 0) is 0 Å². The zero-order valence-electron chi connectivity index (χ0n) is 13.9. The minimum Gasteiger partial charge on any atom is -0.480 e. The number of ether oxygens (including phenoxy) is 1. The number of carbonyl (C=O) groups is 1. The molecule has 1 atom stereocenters. The van der Waals surface area contributed by atoms with Gasteiger partial charge >= 0.3 is 0 Å². The van der Waals surface area contributed by atoms with E-state index in [1.54, 1.807) is 18.2 Å². The highest BCUT2D eigenvalue weighted by atomic mass is 16.5. The molecule has 3 heteroatoms. The second kappa shape index (κ2) is 6.70. The predicted molar refractivity (Wildman–Crippen MR) is 99.7 cm³/mol. The molecule has 1 unspecified atom stereocenters. The molecule has 0 spiro atoms. The van der Waals surface area contributed by atoms with E-state index in [1.165, 1.54) is 0 Å². The van der Waals surface area contributed by atoms with Crippen molar-refractivity contribution in [3.05, 3.63) is 107 Å². The van der Waals surface area contributed by atoms with Gasteiger partial charge in [0.1, 0.15) is 5.75 Å². The summed E-state index contributed by atoms with van der Waals surface area (Å²) >= 11 is 0. The lowest BCUT2D eigenvalue weighted by Crippen LogP contribution is -2.23. The third-order valence-electron chi connectivity index (χ3n) is 4.36. The van der Waals surface area contributed by atoms with Gasteiger partial charge in [-0.1, -0.05) is 54.6 Å². The average molecular weight is 337 g/mol. The number of nitriles is 1. The van der Waals surface area contributed by atoms with Crippen molar-refractivity contribution in [3.63, 3.8) is 0 Å². The summed E-state index contributed by atoms with van der Waals surface area (Å²) in [5, 5.41) is 9.12. The van der Waals surface area contributed by atoms with Gasteiger partial charge in [0, 0.05) is 5.57 Å². The van der Waals surface area contributed by atoms with Crippen molar-refractivity contribution >= 4 is 11.9 Å². The number of benzene rings is 3. The monoisotopic (exact) mass is 337 g/mol. The number of Topliss-reactive ketones (excluding diaryl/α,β-unsaturated/α-hetero) is 1. The molecule has 0 aliphatic carbocycles. The van der Waals surface area contributed by atoms with E-state index in [1.807, 2.05) is 66.7 Å². The first-order valence-corrected chi connectivity index (χ1v) is 8.33. The standard InChI is InChI=1S/C23H15NO2/c24-15-17-8-6-7-16(13-17)14-20-22(25)19-11-4-5-12-21(19)26-23(20)18-9-2-1-3-10-18/h1-14,23H/b20-14-. The maximum absolute atomic E-state index is 13.1. The average Bonchev–Trinajstić information content (AvgIpc) is 2.71. The van der Waals surface area contributed by atoms with E-state index < -0.39 is 6.10 Å². The van der Waals surface area contributed by atoms with Gasteiger partial charge < -0.3 is 4.74 Å². The maximum atomic E-state index is 13.1. The number of hydrogen-bond donors (Lipinski definition) is 0. The number of hydrogen-bond acceptors (Lipinski definition) is 3. The van der Waals surface area contributed by atoms with Crippen LogP contribution in [0.3, 0.4) is 0 Å². The van der Waals surface area contributed by atoms with Crippen molar-refractivity contribution in [1.29, 1.82) is 5.26 Å². The van der Waals surface area contributed by atoms with Crippen molar-refractivity contribution < 1.29 is 9.53 Å². The second-order valence-electron chi connectivity index (χ2n) is 6.07. The Bertz CT molecular complexity index is 1050. The molecule has 0 aromatic heterocycles. The minimum absolute atomic E-state index is 0.0527. The molecule has 3 aromatic rings. The Hall–Kier alpha value is -3.64. The van der Waals surface area contributed by atoms with E-state index in [0.29, 0.717) is 22.4 Å². The summed E-state index contributed by atoms with van der Waals surface area (Å²) in [5.41, 5.74) is 3.39. The maximum Gasteiger partial charge on any atom is 0.196 e. The molecule has 3 aromatic carbocycles. The van der Waals surface area contributed by atoms with Crippen molar-refractivity contribution in [3.8, 4) is 11.8 Å². The van der Waals surface area contributed by atoms with Crippen molar-refractivity contribution in [2.45, 2.75) is 6.10 Å². The van der Waals surface area contributed by atoms with Gasteiger partial charge in [0.05, 0.1) is 17.2 Å². The number of para-hydroxylation sites is 1. The molecule has 124 valence electrons. The Balaban J connectivity index is 1.87. The highest BCUT2D eigenvalue weighted by Crippen LogP contribution is 2.39. The van der Waals surface area contributed by atoms with E-state index in [2.05, 4.69) is 6.07 Å². The normalized spacial score (nSPS) is 17.3. The molecule has 26 heavy (non-hydrogen) atoms. The molecule has 0 bridgehead atoms. The molecule has 0 saturated carbocycles. The van der Waals surface area contributed by atoms with Crippen LogP contribution in [0.5, 0.6) is 5.75 Å². The Labute approximate surface area is 151 Å². The van der Waals surface area contributed by atoms with Gasteiger partial charge in [-0.25, -0.2) is 0 Å². The third-order valence-corrected chi connectivity index (χ3v) is 4.36. The molecule has 0 amide bonds. The molecule has 0 saturated heterocycles. The smallest absolute Gasteiger partial charge is 0.196 e. The van der Waals surface area contributed by atoms with Gasteiger partial charge in [-0.15, -0.1) is 0 Å². The van der Waals surface area contributed by atoms with E-state index in [-0.39, 0.29) is 5.78 Å². The number of ketones is 1. The van der Waals surface area contributed by atoms with Gasteiger partial charge in [-0.2, -0.15) is 5.26 Å². The molecule has 1 aliphatic heterocycles. The van der Waals surface area contributed by atoms with Gasteiger partial charge in [0.15, 0.2) is 11.9 Å². The quantitative estimate of drug-likeness (QED) is 0.621. The number of nitrogens with zero attached hydrogens (tertiary/aromatic N) is 1. The third kappa shape index (κ3) is 2.89. The zero-order valence-corrected chi connectivity index (χ0v) is 13.9. The second-order valence-corrected chi connectivity index (χ2v) is 6.07. The fourth-order valence-corrected chi connectivity index (χ4v) is 3.12. The van der Waals surface area contributed by atoms with Crippen LogP contribution < -0.4 is 4.74 Å². The fraction of sp³-hybridized carbons (Fsp3) is 0.0435. The summed E-state index contributed by atoms with van der Waals surface area (Å²) in [6.07, 6.45) is 1.33. The van der Waals surface area contributed by atoms with E-state index in [0.717, 1.165) is 11.1 Å². The van der Waals surface area contributed by atoms with Crippen LogP contribution in [0.4, 0.5) is 0 Å². The van der Waals surface area contributed by atoms with Crippen molar-refractivity contribution in [2.75, 3.05) is 0 Å². The SMILES string of the molecule is N#Cc1cccc(/C=C2/C(=O)c3ccccc3OC2c2ccccc2)c1. The first kappa shape index (κ1) is 15.9. The molecular formula is C23H15NO2. The molecule has 4 rings (SSSR count). The highest BCUT2D eigenvalue weighted by molar-refractivity contribution is 6.14. The first-order chi connectivity index (χ1) is 12.8. The number of rotatable bonds is 2. The van der Waals surface area contributed by atoms with Crippen LogP contribution in [0.15, 0.2) is 84.4 Å². The minimum atomic E-state index is -0.482. The first-order valence-electron chi connectivity index (χ1n) is 8.33. The van der Waals surface area contributed by atoms with Crippen LogP contribution in [0, 0.1) is 11.3 Å². The molecule has 0 N–H and O–H groups in total. The lowest BCUT2D eigenvalue weighted by atomic mass is 9.89. The fourth-order valence-electron chi connectivity index (χ4n) is 3.12. The summed E-state index contributed by atoms with van der Waals surface area (Å²) < 4.78 is 6.18. The number of carbonyl (C=O) groups excluding carboxylic acids is 1. The Morgan fingerprint density at radius 3 is 2.50 bits per heavy atom. The van der Waals surface area contributed by atoms with Crippen LogP contribution in [-0.4, -0.2) is 5.78 Å². The van der Waals surface area contributed by atoms with Crippen molar-refractivity contribution in [2.24, 2.45) is 0 Å². The highest BCUT2D eigenvalue weighted by Gasteiger charge is 2.32. The van der Waals surface area contributed by atoms with Crippen LogP contribution in [0.25, 0.3) is 6.08 Å². The summed E-state index contributed by atoms with van der Waals surface area (Å²) in [6.45, 7) is 0. The molecule has 1 aliphatic rings. The summed E-state index contributed by atoms with van der Waals surface area (Å²) in [4.78, 5) is 13.1. The Kier molecular flexibility index (Phi) is 4.09. The summed E-state index contributed by atoms with van der Waals surface area (Å²) in [6, 6.07) is 26.3. The van der Waals surface area contributed by atoms with E-state index in [4.69, 9.17) is 10.00 Å². The van der Waals surface area contributed by atoms with Gasteiger partial charge in [-0.05, 0) is 41.5 Å². The lowest BCUT2D eigenvalue weighted by molar-refractivity contribution is 0.0963. The van der Waals surface area contributed by atoms with Crippen LogP contribution in [0.2, 0.25) is 0 Å².